The molecule has 0 heterocycles. The molecule has 0 spiro atoms. The van der Waals surface area contributed by atoms with Crippen molar-refractivity contribution in [2.75, 3.05) is 0 Å². The van der Waals surface area contributed by atoms with Crippen LogP contribution < -0.4 is 5.73 Å². The molecule has 0 aliphatic heterocycles. The summed E-state index contributed by atoms with van der Waals surface area (Å²) in [4.78, 5) is 10.7. The van der Waals surface area contributed by atoms with Gasteiger partial charge < -0.3 is 5.73 Å². The van der Waals surface area contributed by atoms with Crippen molar-refractivity contribution in [2.45, 2.75) is 6.92 Å². The van der Waals surface area contributed by atoms with Crippen LogP contribution in [0.25, 0.3) is 6.08 Å². The third-order valence-corrected chi connectivity index (χ3v) is 3.94. The fraction of sp³-hybridized carbons (Fsp3) is 0.0625. The average molecular weight is 433 g/mol. The van der Waals surface area contributed by atoms with Crippen LogP contribution in [0.2, 0.25) is 5.02 Å². The second-order valence-corrected chi connectivity index (χ2v) is 7.35. The van der Waals surface area contributed by atoms with E-state index in [1.165, 1.54) is 6.08 Å². The van der Waals surface area contributed by atoms with Crippen LogP contribution in [0.3, 0.4) is 0 Å². The molecule has 2 aromatic carbocycles. The number of aryl methyl sites for hydroxylation is 1. The molecule has 5 nitrogen and oxygen atoms in total. The number of halogens is 2. The van der Waals surface area contributed by atoms with E-state index in [1.807, 2.05) is 13.0 Å². The van der Waals surface area contributed by atoms with Gasteiger partial charge >= 0.3 is 0 Å². The number of benzene rings is 2. The van der Waals surface area contributed by atoms with Crippen molar-refractivity contribution in [3.8, 4) is 0 Å². The van der Waals surface area contributed by atoms with E-state index >= 15 is 0 Å². The maximum Gasteiger partial charge on any atom is 0.287 e. The number of primary amides is 1. The number of rotatable bonds is 3. The van der Waals surface area contributed by atoms with Crippen molar-refractivity contribution < 1.29 is 17.8 Å². The maximum absolute atomic E-state index is 10.7. The van der Waals surface area contributed by atoms with Gasteiger partial charge in [-0.15, -0.1) is 0 Å². The summed E-state index contributed by atoms with van der Waals surface area (Å²) in [5.74, 6) is -0.380. The molecule has 0 saturated carbocycles. The van der Waals surface area contributed by atoms with Gasteiger partial charge in [-0.25, -0.2) is 0 Å². The van der Waals surface area contributed by atoms with Gasteiger partial charge in [-0.3, -0.25) is 9.35 Å². The summed E-state index contributed by atoms with van der Waals surface area (Å²) in [6, 6.07) is 12.0. The van der Waals surface area contributed by atoms with Crippen LogP contribution in [0.5, 0.6) is 0 Å². The smallest absolute Gasteiger partial charge is 0.287 e. The lowest BCUT2D eigenvalue weighted by molar-refractivity contribution is 0.0999. The molecule has 0 aliphatic carbocycles. The molecule has 0 bridgehead atoms. The molecule has 1 amide bonds. The molecule has 0 unspecified atom stereocenters. The Labute approximate surface area is 154 Å². The zero-order valence-corrected chi connectivity index (χ0v) is 15.8. The van der Waals surface area contributed by atoms with Gasteiger partial charge in [0.1, 0.15) is 0 Å². The SMILES string of the molecule is Cc1cc(Br)ccc1C(N)=O.O=S(=O)(O)C=Cc1cccc(Cl)c1. The Bertz CT molecular complexity index is 866. The quantitative estimate of drug-likeness (QED) is 0.715. The number of amides is 1. The number of carbonyl (C=O) groups excluding carboxylic acids is 1. The van der Waals surface area contributed by atoms with Gasteiger partial charge in [-0.1, -0.05) is 39.7 Å². The lowest BCUT2D eigenvalue weighted by Crippen LogP contribution is -2.12. The number of carbonyl (C=O) groups is 1. The van der Waals surface area contributed by atoms with Gasteiger partial charge in [0.25, 0.3) is 10.1 Å². The zero-order valence-electron chi connectivity index (χ0n) is 12.6. The van der Waals surface area contributed by atoms with Crippen LogP contribution in [0, 0.1) is 6.92 Å². The van der Waals surface area contributed by atoms with E-state index in [4.69, 9.17) is 21.9 Å². The van der Waals surface area contributed by atoms with Crippen molar-refractivity contribution in [1.29, 1.82) is 0 Å². The topological polar surface area (TPSA) is 97.5 Å². The van der Waals surface area contributed by atoms with E-state index in [0.717, 1.165) is 10.0 Å². The Balaban J connectivity index is 0.000000243. The summed E-state index contributed by atoms with van der Waals surface area (Å²) >= 11 is 8.94. The normalized spacial score (nSPS) is 11.0. The maximum atomic E-state index is 10.7. The number of hydrogen-bond acceptors (Lipinski definition) is 3. The van der Waals surface area contributed by atoms with Crippen molar-refractivity contribution in [3.05, 3.63) is 74.1 Å². The Hall–Kier alpha value is -1.67. The molecule has 3 N–H and O–H groups in total. The first-order valence-electron chi connectivity index (χ1n) is 6.55. The van der Waals surface area contributed by atoms with Crippen molar-refractivity contribution in [3.63, 3.8) is 0 Å². The summed E-state index contributed by atoms with van der Waals surface area (Å²) in [5, 5.41) is 1.22. The molecule has 0 radical (unpaired) electrons. The Morgan fingerprint density at radius 2 is 1.92 bits per heavy atom. The van der Waals surface area contributed by atoms with E-state index in [0.29, 0.717) is 21.6 Å². The van der Waals surface area contributed by atoms with Crippen LogP contribution in [0.1, 0.15) is 21.5 Å². The Kier molecular flexibility index (Phi) is 7.62. The third-order valence-electron chi connectivity index (χ3n) is 2.74. The van der Waals surface area contributed by atoms with E-state index in [1.54, 1.807) is 36.4 Å². The van der Waals surface area contributed by atoms with Gasteiger partial charge in [0.05, 0.1) is 5.41 Å². The molecular formula is C16H15BrClNO4S. The van der Waals surface area contributed by atoms with Crippen LogP contribution in [-0.2, 0) is 10.1 Å². The first-order chi connectivity index (χ1) is 11.1. The first kappa shape index (κ1) is 20.4. The van der Waals surface area contributed by atoms with Gasteiger partial charge in [-0.2, -0.15) is 8.42 Å². The minimum absolute atomic E-state index is 0.380. The first-order valence-corrected chi connectivity index (χ1v) is 9.23. The van der Waals surface area contributed by atoms with Crippen molar-refractivity contribution in [2.24, 2.45) is 5.73 Å². The minimum atomic E-state index is -4.06. The molecular weight excluding hydrogens is 418 g/mol. The fourth-order valence-electron chi connectivity index (χ4n) is 1.68. The van der Waals surface area contributed by atoms with Gasteiger partial charge in [0.2, 0.25) is 5.91 Å². The minimum Gasteiger partial charge on any atom is -0.366 e. The fourth-order valence-corrected chi connectivity index (χ4v) is 2.68. The number of hydrogen-bond donors (Lipinski definition) is 2. The highest BCUT2D eigenvalue weighted by Crippen LogP contribution is 2.15. The van der Waals surface area contributed by atoms with Gasteiger partial charge in [-0.05, 0) is 54.5 Å². The van der Waals surface area contributed by atoms with E-state index in [9.17, 15) is 13.2 Å². The third kappa shape index (κ3) is 7.74. The van der Waals surface area contributed by atoms with E-state index in [-0.39, 0.29) is 5.91 Å². The summed E-state index contributed by atoms with van der Waals surface area (Å²) in [6.45, 7) is 1.85. The summed E-state index contributed by atoms with van der Waals surface area (Å²) in [6.07, 6.45) is 1.27. The standard InChI is InChI=1S/C8H8BrNO.C8H7ClO3S/c1-5-4-6(9)2-3-7(5)8(10)11;9-8-3-1-2-7(6-8)4-5-13(10,11)12/h2-4H,1H3,(H2,10,11);1-6H,(H,10,11,12). The highest BCUT2D eigenvalue weighted by Gasteiger charge is 2.03. The largest absolute Gasteiger partial charge is 0.366 e. The van der Waals surface area contributed by atoms with Crippen LogP contribution in [-0.4, -0.2) is 18.9 Å². The van der Waals surface area contributed by atoms with Gasteiger partial charge in [0, 0.05) is 15.1 Å². The molecule has 8 heteroatoms. The van der Waals surface area contributed by atoms with Crippen molar-refractivity contribution in [1.82, 2.24) is 0 Å². The molecule has 2 aromatic rings. The molecule has 0 fully saturated rings. The molecule has 0 saturated heterocycles. The highest BCUT2D eigenvalue weighted by atomic mass is 79.9. The predicted molar refractivity (Wildman–Crippen MR) is 99.4 cm³/mol. The van der Waals surface area contributed by atoms with E-state index in [2.05, 4.69) is 15.9 Å². The summed E-state index contributed by atoms with van der Waals surface area (Å²) in [5.41, 5.74) is 7.20. The van der Waals surface area contributed by atoms with Crippen LogP contribution in [0.4, 0.5) is 0 Å². The predicted octanol–water partition coefficient (Wildman–Crippen LogP) is 4.05. The second kappa shape index (κ2) is 8.98. The highest BCUT2D eigenvalue weighted by molar-refractivity contribution is 9.10. The zero-order chi connectivity index (χ0) is 18.3. The lowest BCUT2D eigenvalue weighted by atomic mass is 10.1. The summed E-state index contributed by atoms with van der Waals surface area (Å²) in [7, 11) is -4.06. The molecule has 0 atom stereocenters. The molecule has 0 aromatic heterocycles. The van der Waals surface area contributed by atoms with Crippen molar-refractivity contribution >= 4 is 49.6 Å². The monoisotopic (exact) mass is 431 g/mol. The average Bonchev–Trinajstić information content (AvgIpc) is 2.45. The lowest BCUT2D eigenvalue weighted by Gasteiger charge is -2.00. The molecule has 128 valence electrons. The van der Waals surface area contributed by atoms with Crippen LogP contribution in [0.15, 0.2) is 52.3 Å². The number of nitrogens with two attached hydrogens (primary N) is 1. The Morgan fingerprint density at radius 1 is 1.25 bits per heavy atom. The molecule has 0 aliphatic rings. The summed E-state index contributed by atoms with van der Waals surface area (Å²) < 4.78 is 30.0. The van der Waals surface area contributed by atoms with Crippen LogP contribution >= 0.6 is 27.5 Å². The Morgan fingerprint density at radius 3 is 2.42 bits per heavy atom. The van der Waals surface area contributed by atoms with E-state index < -0.39 is 10.1 Å². The second-order valence-electron chi connectivity index (χ2n) is 4.70. The molecule has 24 heavy (non-hydrogen) atoms. The molecule has 2 rings (SSSR count). The van der Waals surface area contributed by atoms with Gasteiger partial charge in [0.15, 0.2) is 0 Å².